The Morgan fingerprint density at radius 1 is 1.15 bits per heavy atom. The van der Waals surface area contributed by atoms with Gasteiger partial charge in [-0.05, 0) is 61.6 Å². The molecular formula is C23H24F3N3O4. The summed E-state index contributed by atoms with van der Waals surface area (Å²) in [6.45, 7) is -0.129. The number of carbonyl (C=O) groups excluding carboxylic acids is 3. The molecule has 0 aliphatic carbocycles. The molecule has 1 aliphatic rings. The van der Waals surface area contributed by atoms with E-state index < -0.39 is 36.5 Å². The summed E-state index contributed by atoms with van der Waals surface area (Å²) in [6.07, 6.45) is 0.629. The molecule has 33 heavy (non-hydrogen) atoms. The lowest BCUT2D eigenvalue weighted by Crippen LogP contribution is -2.45. The van der Waals surface area contributed by atoms with E-state index in [1.54, 1.807) is 38.1 Å². The smallest absolute Gasteiger partial charge is 0.387 e. The number of urea groups is 1. The van der Waals surface area contributed by atoms with Crippen LogP contribution in [0.4, 0.5) is 18.0 Å². The highest BCUT2D eigenvalue weighted by molar-refractivity contribution is 6.08. The van der Waals surface area contributed by atoms with Gasteiger partial charge in [-0.2, -0.15) is 8.78 Å². The minimum atomic E-state index is -2.91. The molecule has 2 N–H and O–H groups in total. The highest BCUT2D eigenvalue weighted by Crippen LogP contribution is 2.24. The predicted octanol–water partition coefficient (Wildman–Crippen LogP) is 3.30. The molecule has 1 aliphatic heterocycles. The number of hydrogen-bond acceptors (Lipinski definition) is 4. The lowest BCUT2D eigenvalue weighted by molar-refractivity contribution is -0.134. The third kappa shape index (κ3) is 6.03. The summed E-state index contributed by atoms with van der Waals surface area (Å²) < 4.78 is 42.4. The van der Waals surface area contributed by atoms with Crippen molar-refractivity contribution in [2.24, 2.45) is 0 Å². The Morgan fingerprint density at radius 2 is 1.82 bits per heavy atom. The molecule has 0 aromatic heterocycles. The molecule has 0 saturated carbocycles. The first-order valence-corrected chi connectivity index (χ1v) is 10.3. The third-order valence-electron chi connectivity index (χ3n) is 5.43. The standard InChI is InChI=1S/C23H24F3N3O4/c1-14-3-4-16(11-18(14)24)12-27-19(30)13-29-20(31)23(2,28-22(29)32)10-9-15-5-7-17(8-6-15)33-21(25)26/h3-8,11,21H,9-10,12-13H2,1-2H3,(H,27,30)(H,28,32). The predicted molar refractivity (Wildman–Crippen MR) is 113 cm³/mol. The van der Waals surface area contributed by atoms with Gasteiger partial charge in [-0.15, -0.1) is 0 Å². The number of aryl methyl sites for hydroxylation is 2. The first-order chi connectivity index (χ1) is 15.6. The zero-order valence-corrected chi connectivity index (χ0v) is 18.2. The lowest BCUT2D eigenvalue weighted by Gasteiger charge is -2.21. The number of rotatable bonds is 9. The molecule has 2 aromatic carbocycles. The quantitative estimate of drug-likeness (QED) is 0.559. The number of nitrogens with zero attached hydrogens (tertiary/aromatic N) is 1. The maximum atomic E-state index is 13.6. The highest BCUT2D eigenvalue weighted by Gasteiger charge is 2.47. The van der Waals surface area contributed by atoms with Crippen LogP contribution in [0.5, 0.6) is 5.75 Å². The average molecular weight is 463 g/mol. The number of amides is 4. The Hall–Kier alpha value is -3.56. The molecule has 7 nitrogen and oxygen atoms in total. The van der Waals surface area contributed by atoms with Gasteiger partial charge in [-0.3, -0.25) is 14.5 Å². The summed E-state index contributed by atoms with van der Waals surface area (Å²) in [4.78, 5) is 38.3. The SMILES string of the molecule is Cc1ccc(CNC(=O)CN2C(=O)NC(C)(CCc3ccc(OC(F)F)cc3)C2=O)cc1F. The van der Waals surface area contributed by atoms with E-state index in [0.29, 0.717) is 17.5 Å². The molecule has 10 heteroatoms. The van der Waals surface area contributed by atoms with Crippen LogP contribution in [0.25, 0.3) is 0 Å². The normalized spacial score (nSPS) is 17.9. The zero-order chi connectivity index (χ0) is 24.2. The number of ether oxygens (including phenoxy) is 1. The Bertz CT molecular complexity index is 1050. The molecule has 176 valence electrons. The average Bonchev–Trinajstić information content (AvgIpc) is 2.97. The molecule has 4 amide bonds. The van der Waals surface area contributed by atoms with Gasteiger partial charge in [0, 0.05) is 6.54 Å². The Balaban J connectivity index is 1.54. The van der Waals surface area contributed by atoms with Gasteiger partial charge in [0.05, 0.1) is 0 Å². The van der Waals surface area contributed by atoms with Crippen LogP contribution in [0.1, 0.15) is 30.0 Å². The molecule has 0 spiro atoms. The first-order valence-electron chi connectivity index (χ1n) is 10.3. The number of hydrogen-bond donors (Lipinski definition) is 2. The van der Waals surface area contributed by atoms with Gasteiger partial charge in [0.2, 0.25) is 5.91 Å². The Morgan fingerprint density at radius 3 is 2.45 bits per heavy atom. The number of nitrogens with one attached hydrogen (secondary N) is 2. The summed E-state index contributed by atoms with van der Waals surface area (Å²) in [5, 5.41) is 5.19. The van der Waals surface area contributed by atoms with Gasteiger partial charge in [0.15, 0.2) is 0 Å². The summed E-state index contributed by atoms with van der Waals surface area (Å²) >= 11 is 0. The van der Waals surface area contributed by atoms with E-state index in [1.807, 2.05) is 0 Å². The minimum absolute atomic E-state index is 0.0239. The Kier molecular flexibility index (Phi) is 7.25. The van der Waals surface area contributed by atoms with Crippen molar-refractivity contribution >= 4 is 17.8 Å². The number of alkyl halides is 2. The van der Waals surface area contributed by atoms with Gasteiger partial charge in [-0.1, -0.05) is 24.3 Å². The second-order valence-electron chi connectivity index (χ2n) is 8.04. The molecule has 1 atom stereocenters. The third-order valence-corrected chi connectivity index (χ3v) is 5.43. The maximum absolute atomic E-state index is 13.6. The van der Waals surface area contributed by atoms with Crippen LogP contribution in [0.3, 0.4) is 0 Å². The van der Waals surface area contributed by atoms with Crippen LogP contribution in [-0.2, 0) is 22.6 Å². The molecule has 0 bridgehead atoms. The van der Waals surface area contributed by atoms with Gasteiger partial charge >= 0.3 is 12.6 Å². The molecule has 1 heterocycles. The molecule has 2 aromatic rings. The number of benzene rings is 2. The largest absolute Gasteiger partial charge is 0.435 e. The molecule has 1 saturated heterocycles. The lowest BCUT2D eigenvalue weighted by atomic mass is 9.93. The van der Waals surface area contributed by atoms with E-state index in [9.17, 15) is 27.6 Å². The summed E-state index contributed by atoms with van der Waals surface area (Å²) in [5.74, 6) is -1.46. The van der Waals surface area contributed by atoms with E-state index in [1.165, 1.54) is 18.2 Å². The van der Waals surface area contributed by atoms with E-state index >= 15 is 0 Å². The van der Waals surface area contributed by atoms with Crippen molar-refractivity contribution in [3.8, 4) is 5.75 Å². The van der Waals surface area contributed by atoms with Crippen molar-refractivity contribution in [1.82, 2.24) is 15.5 Å². The fourth-order valence-corrected chi connectivity index (χ4v) is 3.44. The van der Waals surface area contributed by atoms with Crippen molar-refractivity contribution in [3.05, 3.63) is 65.0 Å². The Labute approximate surface area is 188 Å². The van der Waals surface area contributed by atoms with Crippen LogP contribution in [0, 0.1) is 12.7 Å². The number of carbonyl (C=O) groups is 3. The van der Waals surface area contributed by atoms with Crippen molar-refractivity contribution < 1.29 is 32.3 Å². The minimum Gasteiger partial charge on any atom is -0.435 e. The van der Waals surface area contributed by atoms with Crippen LogP contribution < -0.4 is 15.4 Å². The number of halogens is 3. The summed E-state index contributed by atoms with van der Waals surface area (Å²) in [6, 6.07) is 9.90. The highest BCUT2D eigenvalue weighted by atomic mass is 19.3. The monoisotopic (exact) mass is 463 g/mol. The first kappa shape index (κ1) is 24.1. The topological polar surface area (TPSA) is 87.7 Å². The second kappa shape index (κ2) is 9.93. The number of imide groups is 1. The van der Waals surface area contributed by atoms with E-state index in [-0.39, 0.29) is 24.5 Å². The maximum Gasteiger partial charge on any atom is 0.387 e. The fourth-order valence-electron chi connectivity index (χ4n) is 3.44. The molecule has 1 unspecified atom stereocenters. The van der Waals surface area contributed by atoms with Crippen molar-refractivity contribution in [3.63, 3.8) is 0 Å². The van der Waals surface area contributed by atoms with Crippen molar-refractivity contribution in [2.45, 2.75) is 45.4 Å². The van der Waals surface area contributed by atoms with Gasteiger partial charge in [0.1, 0.15) is 23.7 Å². The molecule has 0 radical (unpaired) electrons. The van der Waals surface area contributed by atoms with Gasteiger partial charge in [-0.25, -0.2) is 9.18 Å². The molecular weight excluding hydrogens is 439 g/mol. The van der Waals surface area contributed by atoms with E-state index in [2.05, 4.69) is 15.4 Å². The zero-order valence-electron chi connectivity index (χ0n) is 18.2. The van der Waals surface area contributed by atoms with E-state index in [0.717, 1.165) is 10.5 Å². The van der Waals surface area contributed by atoms with Crippen LogP contribution in [0.15, 0.2) is 42.5 Å². The van der Waals surface area contributed by atoms with Crippen LogP contribution >= 0.6 is 0 Å². The molecule has 1 fully saturated rings. The van der Waals surface area contributed by atoms with Crippen molar-refractivity contribution in [1.29, 1.82) is 0 Å². The molecule has 3 rings (SSSR count). The second-order valence-corrected chi connectivity index (χ2v) is 8.04. The van der Waals surface area contributed by atoms with Crippen LogP contribution in [-0.4, -0.2) is 41.4 Å². The summed E-state index contributed by atoms with van der Waals surface area (Å²) in [7, 11) is 0. The van der Waals surface area contributed by atoms with Gasteiger partial charge < -0.3 is 15.4 Å². The fraction of sp³-hybridized carbons (Fsp3) is 0.348. The van der Waals surface area contributed by atoms with E-state index in [4.69, 9.17) is 0 Å². The van der Waals surface area contributed by atoms with Crippen LogP contribution in [0.2, 0.25) is 0 Å². The van der Waals surface area contributed by atoms with Gasteiger partial charge in [0.25, 0.3) is 5.91 Å². The van der Waals surface area contributed by atoms with Crippen molar-refractivity contribution in [2.75, 3.05) is 6.54 Å². The summed E-state index contributed by atoms with van der Waals surface area (Å²) in [5.41, 5.74) is 0.594.